The van der Waals surface area contributed by atoms with Gasteiger partial charge in [0.15, 0.2) is 10.9 Å². The summed E-state index contributed by atoms with van der Waals surface area (Å²) < 4.78 is 1.90. The molecule has 2 aromatic carbocycles. The average Bonchev–Trinajstić information content (AvgIpc) is 3.08. The molecule has 6 heteroatoms. The summed E-state index contributed by atoms with van der Waals surface area (Å²) in [6.07, 6.45) is 2.99. The smallest absolute Gasteiger partial charge is 0.195 e. The molecular weight excluding hydrogens is 342 g/mol. The molecular formula is C18H16ClN3OS. The van der Waals surface area contributed by atoms with Crippen molar-refractivity contribution in [1.82, 2.24) is 14.8 Å². The fourth-order valence-electron chi connectivity index (χ4n) is 2.29. The topological polar surface area (TPSA) is 47.8 Å². The van der Waals surface area contributed by atoms with Crippen molar-refractivity contribution >= 4 is 29.1 Å². The van der Waals surface area contributed by atoms with Gasteiger partial charge in [-0.25, -0.2) is 0 Å². The second kappa shape index (κ2) is 8.13. The molecule has 0 amide bonds. The van der Waals surface area contributed by atoms with Crippen LogP contribution in [0.4, 0.5) is 0 Å². The largest absolute Gasteiger partial charge is 0.294 e. The zero-order chi connectivity index (χ0) is 16.8. The Morgan fingerprint density at radius 2 is 1.96 bits per heavy atom. The van der Waals surface area contributed by atoms with Crippen LogP contribution in [0.1, 0.15) is 23.2 Å². The van der Waals surface area contributed by atoms with Crippen molar-refractivity contribution in [2.75, 3.05) is 5.75 Å². The summed E-state index contributed by atoms with van der Waals surface area (Å²) in [6, 6.07) is 16.9. The van der Waals surface area contributed by atoms with E-state index < -0.39 is 0 Å². The maximum atomic E-state index is 12.1. The van der Waals surface area contributed by atoms with E-state index in [0.717, 1.165) is 28.6 Å². The highest BCUT2D eigenvalue weighted by Crippen LogP contribution is 2.22. The first-order valence-corrected chi connectivity index (χ1v) is 8.97. The number of nitrogens with zero attached hydrogens (tertiary/aromatic N) is 3. The number of halogens is 1. The van der Waals surface area contributed by atoms with Gasteiger partial charge in [0.25, 0.3) is 0 Å². The van der Waals surface area contributed by atoms with Crippen molar-refractivity contribution in [3.8, 4) is 5.69 Å². The number of benzene rings is 2. The molecule has 0 radical (unpaired) electrons. The van der Waals surface area contributed by atoms with Gasteiger partial charge < -0.3 is 0 Å². The molecule has 0 aliphatic rings. The molecule has 0 saturated carbocycles. The SMILES string of the molecule is O=C(CCCSc1nncn1-c1cccc(Cl)c1)c1ccccc1. The van der Waals surface area contributed by atoms with Crippen LogP contribution in [0.2, 0.25) is 5.02 Å². The average molecular weight is 358 g/mol. The van der Waals surface area contributed by atoms with Crippen LogP contribution in [-0.4, -0.2) is 26.3 Å². The molecule has 1 heterocycles. The van der Waals surface area contributed by atoms with E-state index in [2.05, 4.69) is 10.2 Å². The summed E-state index contributed by atoms with van der Waals surface area (Å²) in [4.78, 5) is 12.1. The third-order valence-electron chi connectivity index (χ3n) is 3.48. The Hall–Kier alpha value is -2.11. The maximum Gasteiger partial charge on any atom is 0.195 e. The molecule has 3 aromatic rings. The van der Waals surface area contributed by atoms with Crippen LogP contribution < -0.4 is 0 Å². The van der Waals surface area contributed by atoms with Crippen molar-refractivity contribution in [3.63, 3.8) is 0 Å². The highest BCUT2D eigenvalue weighted by molar-refractivity contribution is 7.99. The molecule has 3 rings (SSSR count). The van der Waals surface area contributed by atoms with Gasteiger partial charge in [0.1, 0.15) is 6.33 Å². The Morgan fingerprint density at radius 1 is 1.12 bits per heavy atom. The maximum absolute atomic E-state index is 12.1. The summed E-state index contributed by atoms with van der Waals surface area (Å²) >= 11 is 7.62. The van der Waals surface area contributed by atoms with Crippen LogP contribution in [-0.2, 0) is 0 Å². The molecule has 0 aliphatic heterocycles. The molecule has 0 bridgehead atoms. The number of ketones is 1. The third-order valence-corrected chi connectivity index (χ3v) is 4.74. The van der Waals surface area contributed by atoms with E-state index in [9.17, 15) is 4.79 Å². The fraction of sp³-hybridized carbons (Fsp3) is 0.167. The van der Waals surface area contributed by atoms with Crippen molar-refractivity contribution in [2.24, 2.45) is 0 Å². The lowest BCUT2D eigenvalue weighted by molar-refractivity contribution is 0.0982. The normalized spacial score (nSPS) is 10.7. The summed E-state index contributed by atoms with van der Waals surface area (Å²) in [7, 11) is 0. The molecule has 1 aromatic heterocycles. The molecule has 0 saturated heterocycles. The lowest BCUT2D eigenvalue weighted by atomic mass is 10.1. The Morgan fingerprint density at radius 3 is 2.75 bits per heavy atom. The number of carbonyl (C=O) groups is 1. The molecule has 24 heavy (non-hydrogen) atoms. The number of carbonyl (C=O) groups excluding carboxylic acids is 1. The predicted octanol–water partition coefficient (Wildman–Crippen LogP) is 4.68. The first-order chi connectivity index (χ1) is 11.7. The summed E-state index contributed by atoms with van der Waals surface area (Å²) in [6.45, 7) is 0. The molecule has 0 unspecified atom stereocenters. The van der Waals surface area contributed by atoms with Crippen LogP contribution in [0, 0.1) is 0 Å². The minimum absolute atomic E-state index is 0.174. The molecule has 4 nitrogen and oxygen atoms in total. The minimum Gasteiger partial charge on any atom is -0.294 e. The Bertz CT molecular complexity index is 820. The molecule has 0 N–H and O–H groups in total. The number of hydrogen-bond donors (Lipinski definition) is 0. The second-order valence-corrected chi connectivity index (χ2v) is 6.70. The molecule has 0 spiro atoms. The van der Waals surface area contributed by atoms with Gasteiger partial charge in [0, 0.05) is 22.8 Å². The van der Waals surface area contributed by atoms with Gasteiger partial charge >= 0.3 is 0 Å². The summed E-state index contributed by atoms with van der Waals surface area (Å²) in [5.41, 5.74) is 1.69. The quantitative estimate of drug-likeness (QED) is 0.350. The highest BCUT2D eigenvalue weighted by atomic mass is 35.5. The van der Waals surface area contributed by atoms with E-state index in [1.54, 1.807) is 18.1 Å². The van der Waals surface area contributed by atoms with Crippen molar-refractivity contribution in [3.05, 3.63) is 71.5 Å². The van der Waals surface area contributed by atoms with E-state index in [-0.39, 0.29) is 5.78 Å². The Balaban J connectivity index is 1.55. The molecule has 0 fully saturated rings. The number of hydrogen-bond acceptors (Lipinski definition) is 4. The first-order valence-electron chi connectivity index (χ1n) is 7.61. The van der Waals surface area contributed by atoms with Crippen molar-refractivity contribution in [2.45, 2.75) is 18.0 Å². The monoisotopic (exact) mass is 357 g/mol. The summed E-state index contributed by atoms with van der Waals surface area (Å²) in [5, 5.41) is 9.58. The number of thioether (sulfide) groups is 1. The van der Waals surface area contributed by atoms with Crippen molar-refractivity contribution in [1.29, 1.82) is 0 Å². The molecule has 122 valence electrons. The van der Waals surface area contributed by atoms with E-state index in [1.807, 2.05) is 59.2 Å². The van der Waals surface area contributed by atoms with Gasteiger partial charge in [-0.2, -0.15) is 0 Å². The lowest BCUT2D eigenvalue weighted by Crippen LogP contribution is -2.00. The van der Waals surface area contributed by atoms with Gasteiger partial charge in [-0.3, -0.25) is 9.36 Å². The first kappa shape index (κ1) is 16.7. The number of rotatable bonds is 7. The fourth-order valence-corrected chi connectivity index (χ4v) is 3.34. The third kappa shape index (κ3) is 4.24. The standard InChI is InChI=1S/C18H16ClN3OS/c19-15-8-4-9-16(12-15)22-13-20-21-18(22)24-11-5-10-17(23)14-6-2-1-3-7-14/h1-4,6-9,12-13H,5,10-11H2. The Kier molecular flexibility index (Phi) is 5.67. The van der Waals surface area contributed by atoms with Gasteiger partial charge in [-0.05, 0) is 24.6 Å². The van der Waals surface area contributed by atoms with Gasteiger partial charge in [-0.15, -0.1) is 10.2 Å². The second-order valence-electron chi connectivity index (χ2n) is 5.20. The van der Waals surface area contributed by atoms with Crippen LogP contribution in [0.15, 0.2) is 66.1 Å². The van der Waals surface area contributed by atoms with E-state index in [1.165, 1.54) is 0 Å². The highest BCUT2D eigenvalue weighted by Gasteiger charge is 2.09. The van der Waals surface area contributed by atoms with Gasteiger partial charge in [0.05, 0.1) is 5.69 Å². The van der Waals surface area contributed by atoms with E-state index in [0.29, 0.717) is 11.4 Å². The minimum atomic E-state index is 0.174. The van der Waals surface area contributed by atoms with Crippen LogP contribution in [0.5, 0.6) is 0 Å². The molecule has 0 aliphatic carbocycles. The van der Waals surface area contributed by atoms with Crippen LogP contribution in [0.25, 0.3) is 5.69 Å². The predicted molar refractivity (Wildman–Crippen MR) is 97.1 cm³/mol. The number of Topliss-reactive ketones (excluding diaryl/α,β-unsaturated/α-hetero) is 1. The van der Waals surface area contributed by atoms with Crippen LogP contribution in [0.3, 0.4) is 0 Å². The van der Waals surface area contributed by atoms with Gasteiger partial charge in [-0.1, -0.05) is 59.8 Å². The van der Waals surface area contributed by atoms with Gasteiger partial charge in [0.2, 0.25) is 0 Å². The number of aromatic nitrogens is 3. The zero-order valence-electron chi connectivity index (χ0n) is 12.9. The summed E-state index contributed by atoms with van der Waals surface area (Å²) in [5.74, 6) is 0.977. The lowest BCUT2D eigenvalue weighted by Gasteiger charge is -2.06. The van der Waals surface area contributed by atoms with Crippen molar-refractivity contribution < 1.29 is 4.79 Å². The van der Waals surface area contributed by atoms with E-state index >= 15 is 0 Å². The van der Waals surface area contributed by atoms with Crippen LogP contribution >= 0.6 is 23.4 Å². The zero-order valence-corrected chi connectivity index (χ0v) is 14.5. The Labute approximate surface area is 149 Å². The van der Waals surface area contributed by atoms with E-state index in [4.69, 9.17) is 11.6 Å². The molecule has 0 atom stereocenters.